The van der Waals surface area contributed by atoms with E-state index in [2.05, 4.69) is 49.6 Å². The number of piperidine rings is 1. The van der Waals surface area contributed by atoms with Gasteiger partial charge in [-0.3, -0.25) is 19.5 Å². The molecule has 2 amide bonds. The molecule has 77 heavy (non-hydrogen) atoms. The number of thiazole rings is 1. The van der Waals surface area contributed by atoms with Crippen LogP contribution in [0.1, 0.15) is 107 Å². The van der Waals surface area contributed by atoms with Gasteiger partial charge < -0.3 is 39.5 Å². The molecule has 404 valence electrons. The topological polar surface area (TPSA) is 184 Å². The van der Waals surface area contributed by atoms with E-state index in [-0.39, 0.29) is 46.7 Å². The highest BCUT2D eigenvalue weighted by Gasteiger charge is 2.41. The van der Waals surface area contributed by atoms with E-state index in [0.717, 1.165) is 109 Å². The Hall–Kier alpha value is -6.76. The Morgan fingerprint density at radius 3 is 2.48 bits per heavy atom. The van der Waals surface area contributed by atoms with Crippen molar-refractivity contribution in [3.63, 3.8) is 0 Å². The van der Waals surface area contributed by atoms with Crippen LogP contribution in [-0.4, -0.2) is 122 Å². The molecule has 4 saturated heterocycles. The Bertz CT molecular complexity index is 3240. The molecule has 2 unspecified atom stereocenters. The van der Waals surface area contributed by atoms with Gasteiger partial charge in [0.15, 0.2) is 11.6 Å². The van der Waals surface area contributed by atoms with E-state index in [1.54, 1.807) is 40.6 Å². The van der Waals surface area contributed by atoms with Crippen molar-refractivity contribution in [1.29, 1.82) is 0 Å². The summed E-state index contributed by atoms with van der Waals surface area (Å²) < 4.78 is 35.3. The van der Waals surface area contributed by atoms with Crippen molar-refractivity contribution < 1.29 is 33.1 Å². The molecule has 3 N–H and O–H groups in total. The van der Waals surface area contributed by atoms with E-state index in [0.29, 0.717) is 79.1 Å². The molecule has 0 saturated carbocycles. The lowest BCUT2D eigenvalue weighted by molar-refractivity contribution is -0.141. The number of phenols is 1. The number of anilines is 1. The average Bonchev–Trinajstić information content (AvgIpc) is 4.28. The number of rotatable bonds is 18. The Balaban J connectivity index is 0.678. The maximum absolute atomic E-state index is 17.1. The molecular formula is C59H69FN10O6S. The molecule has 0 spiro atoms. The monoisotopic (exact) mass is 1060 g/mol. The van der Waals surface area contributed by atoms with Crippen LogP contribution in [0.2, 0.25) is 0 Å². The van der Waals surface area contributed by atoms with Gasteiger partial charge in [0.25, 0.3) is 5.88 Å². The molecule has 18 heteroatoms. The molecule has 4 fully saturated rings. The van der Waals surface area contributed by atoms with Crippen LogP contribution in [0.25, 0.3) is 43.4 Å². The number of amides is 2. The van der Waals surface area contributed by atoms with Gasteiger partial charge in [-0.25, -0.2) is 9.37 Å². The summed E-state index contributed by atoms with van der Waals surface area (Å²) in [6.45, 7) is 15.2. The van der Waals surface area contributed by atoms with Gasteiger partial charge >= 0.3 is 6.01 Å². The van der Waals surface area contributed by atoms with Crippen LogP contribution in [0.5, 0.6) is 17.6 Å². The van der Waals surface area contributed by atoms with Gasteiger partial charge in [-0.1, -0.05) is 63.2 Å². The lowest BCUT2D eigenvalue weighted by atomic mass is 9.91. The van der Waals surface area contributed by atoms with Gasteiger partial charge in [0, 0.05) is 56.1 Å². The molecule has 0 aliphatic carbocycles. The van der Waals surface area contributed by atoms with Gasteiger partial charge in [0.1, 0.15) is 41.3 Å². The maximum Gasteiger partial charge on any atom is 0.319 e. The Kier molecular flexibility index (Phi) is 15.4. The highest BCUT2D eigenvalue weighted by atomic mass is 32.1. The van der Waals surface area contributed by atoms with Crippen LogP contribution in [-0.2, 0) is 16.0 Å². The van der Waals surface area contributed by atoms with Crippen molar-refractivity contribution in [3.8, 4) is 39.3 Å². The van der Waals surface area contributed by atoms with Crippen LogP contribution < -0.4 is 25.0 Å². The van der Waals surface area contributed by atoms with E-state index in [1.165, 1.54) is 0 Å². The summed E-state index contributed by atoms with van der Waals surface area (Å²) in [7, 11) is 0. The molecule has 4 aliphatic rings. The number of likely N-dealkylation sites (tertiary alicyclic amines) is 2. The van der Waals surface area contributed by atoms with Crippen molar-refractivity contribution in [2.75, 3.05) is 57.4 Å². The third-order valence-electron chi connectivity index (χ3n) is 16.3. The minimum absolute atomic E-state index is 0.0406. The number of hydrogen-bond donors (Lipinski definition) is 3. The van der Waals surface area contributed by atoms with Gasteiger partial charge in [-0.05, 0) is 135 Å². The third kappa shape index (κ3) is 11.1. The van der Waals surface area contributed by atoms with E-state index in [9.17, 15) is 14.7 Å². The van der Waals surface area contributed by atoms with Crippen molar-refractivity contribution in [1.82, 2.24) is 45.5 Å². The number of aryl methyl sites for hydroxylation is 2. The molecule has 8 heterocycles. The second-order valence-corrected chi connectivity index (χ2v) is 22.6. The van der Waals surface area contributed by atoms with E-state index < -0.39 is 17.8 Å². The van der Waals surface area contributed by atoms with Crippen LogP contribution in [0.15, 0.2) is 76.9 Å². The lowest BCUT2D eigenvalue weighted by Crippen LogP contribution is -2.51. The first-order chi connectivity index (χ1) is 37.4. The smallest absolute Gasteiger partial charge is 0.319 e. The number of pyridine rings is 1. The zero-order chi connectivity index (χ0) is 53.3. The number of nitrogens with one attached hydrogen (secondary N) is 2. The highest BCUT2D eigenvalue weighted by Crippen LogP contribution is 2.40. The van der Waals surface area contributed by atoms with Crippen molar-refractivity contribution >= 4 is 50.6 Å². The number of carbonyl (C=O) groups is 2. The van der Waals surface area contributed by atoms with Gasteiger partial charge in [0.05, 0.1) is 34.1 Å². The Labute approximate surface area is 452 Å². The number of aromatic nitrogens is 5. The molecule has 5 atom stereocenters. The molecule has 11 rings (SSSR count). The fraction of sp³-hybridized carbons (Fsp3) is 0.475. The van der Waals surface area contributed by atoms with E-state index in [4.69, 9.17) is 28.9 Å². The number of carbonyl (C=O) groups excluding carboxylic acids is 2. The zero-order valence-corrected chi connectivity index (χ0v) is 45.5. The number of fused-ring (bicyclic) bond motifs is 4. The summed E-state index contributed by atoms with van der Waals surface area (Å²) >= 11 is 1.61. The van der Waals surface area contributed by atoms with Crippen LogP contribution in [0, 0.1) is 24.6 Å². The van der Waals surface area contributed by atoms with Crippen LogP contribution in [0.3, 0.4) is 0 Å². The Morgan fingerprint density at radius 1 is 0.948 bits per heavy atom. The van der Waals surface area contributed by atoms with Crippen molar-refractivity contribution in [3.05, 3.63) is 101 Å². The van der Waals surface area contributed by atoms with Crippen molar-refractivity contribution in [2.24, 2.45) is 11.8 Å². The molecule has 0 radical (unpaired) electrons. The van der Waals surface area contributed by atoms with Crippen LogP contribution >= 0.6 is 11.3 Å². The van der Waals surface area contributed by atoms with Crippen LogP contribution in [0.4, 0.5) is 10.2 Å². The zero-order valence-electron chi connectivity index (χ0n) is 44.6. The summed E-state index contributed by atoms with van der Waals surface area (Å²) in [5.74, 6) is 0.320. The fourth-order valence-electron chi connectivity index (χ4n) is 12.1. The number of ether oxygens (including phenoxy) is 2. The van der Waals surface area contributed by atoms with Gasteiger partial charge in [0.2, 0.25) is 11.8 Å². The second-order valence-electron chi connectivity index (χ2n) is 21.8. The standard InChI is InChI=1S/C59H69FN10O6S/c1-6-38-9-7-10-41-27-44(71)28-45(51(38)41)53-52(60)54-46(30-61-53)56(69-31-42-16-17-43(32-69)64-42)66-59(65-54)75-26-24-68-22-18-37(19-23-68)20-25-74-49-29-48(76-67-49)50(34(2)3)58(73)70-21-8-11-47(70)57(72)63-35(4)39-12-14-40(15-13-39)55-36(5)62-33-77-55/h7,9-10,12-15,27-30,33-35,37,42-43,47,50,64,71H,6,8,11,16-26,31-32H2,1-5H3,(H,63,72)/t35-,42?,43?,47-,50+/m0/s1. The first kappa shape index (κ1) is 52.3. The fourth-order valence-corrected chi connectivity index (χ4v) is 13.0. The molecule has 7 aromatic rings. The van der Waals surface area contributed by atoms with E-state index >= 15 is 4.39 Å². The van der Waals surface area contributed by atoms with Crippen molar-refractivity contribution in [2.45, 2.75) is 116 Å². The first-order valence-corrected chi connectivity index (χ1v) is 28.4. The SMILES string of the molecule is CCc1cccc2cc(O)cc(-c3ncc4c(N5CC6CCC(C5)N6)nc(OCCN5CCC(CCOc6cc([C@H](C(=O)N7CCC[C@H]7C(=O)N[C@@H](C)c7ccc(-c8scnc8C)cc7)C(C)C)on6)CC5)nc4c3F)c12. The second kappa shape index (κ2) is 22.7. The predicted octanol–water partition coefficient (Wildman–Crippen LogP) is 9.78. The normalized spacial score (nSPS) is 19.9. The lowest BCUT2D eigenvalue weighted by Gasteiger charge is -2.34. The summed E-state index contributed by atoms with van der Waals surface area (Å²) in [4.78, 5) is 54.2. The quantitative estimate of drug-likeness (QED) is 0.0738. The first-order valence-electron chi connectivity index (χ1n) is 27.6. The Morgan fingerprint density at radius 2 is 1.74 bits per heavy atom. The number of piperazine rings is 1. The predicted molar refractivity (Wildman–Crippen MR) is 296 cm³/mol. The number of phenolic OH excluding ortho intramolecular Hbond substituents is 1. The van der Waals surface area contributed by atoms with Gasteiger partial charge in [-0.15, -0.1) is 11.3 Å². The number of hydrogen-bond acceptors (Lipinski definition) is 15. The molecule has 16 nitrogen and oxygen atoms in total. The minimum atomic E-state index is -0.615. The largest absolute Gasteiger partial charge is 0.508 e. The highest BCUT2D eigenvalue weighted by molar-refractivity contribution is 7.13. The maximum atomic E-state index is 17.1. The third-order valence-corrected chi connectivity index (χ3v) is 17.3. The summed E-state index contributed by atoms with van der Waals surface area (Å²) in [5, 5.41) is 24.0. The molecule has 3 aromatic carbocycles. The van der Waals surface area contributed by atoms with E-state index in [1.807, 2.05) is 63.5 Å². The summed E-state index contributed by atoms with van der Waals surface area (Å²) in [6.07, 6.45) is 8.75. The number of benzene rings is 3. The summed E-state index contributed by atoms with van der Waals surface area (Å²) in [6, 6.07) is 19.1. The number of aromatic hydroxyl groups is 1. The molecule has 4 aliphatic heterocycles. The number of halogens is 1. The minimum Gasteiger partial charge on any atom is -0.508 e. The average molecular weight is 1070 g/mol. The molecule has 2 bridgehead atoms. The molecular weight excluding hydrogens is 996 g/mol. The summed E-state index contributed by atoms with van der Waals surface area (Å²) in [5.41, 5.74) is 6.77. The van der Waals surface area contributed by atoms with Gasteiger partial charge in [-0.2, -0.15) is 9.97 Å². The number of nitrogens with zero attached hydrogens (tertiary/aromatic N) is 8. The molecule has 4 aromatic heterocycles.